The first-order chi connectivity index (χ1) is 36.3. The number of nitrogens with two attached hydrogens (primary N) is 1. The van der Waals surface area contributed by atoms with Gasteiger partial charge in [0.1, 0.15) is 48.0 Å². The number of carboxylic acids is 2. The third-order valence-electron chi connectivity index (χ3n) is 11.7. The summed E-state index contributed by atoms with van der Waals surface area (Å²) in [4.78, 5) is 135. The zero-order valence-electron chi connectivity index (χ0n) is 41.1. The van der Waals surface area contributed by atoms with Crippen LogP contribution in [0.4, 0.5) is 0 Å². The van der Waals surface area contributed by atoms with Gasteiger partial charge in [-0.2, -0.15) is 0 Å². The molecule has 0 fully saturated rings. The summed E-state index contributed by atoms with van der Waals surface area (Å²) in [6, 6.07) is 19.1. The fourth-order valence-electron chi connectivity index (χ4n) is 7.66. The lowest BCUT2D eigenvalue weighted by molar-refractivity contribution is -0.142. The molecule has 0 radical (unpaired) electrons. The maximum absolute atomic E-state index is 14.6. The Morgan fingerprint density at radius 2 is 0.987 bits per heavy atom. The molecule has 5 rings (SSSR count). The number of carboxylic acid groups (broad SMARTS) is 2. The van der Waals surface area contributed by atoms with Crippen molar-refractivity contribution in [2.45, 2.75) is 81.3 Å². The molecule has 402 valence electrons. The normalized spacial score (nSPS) is 13.7. The van der Waals surface area contributed by atoms with Crippen LogP contribution in [0.5, 0.6) is 5.75 Å². The number of aromatic amines is 1. The molecule has 0 spiro atoms. The molecule has 1 heterocycles. The van der Waals surface area contributed by atoms with E-state index in [-0.39, 0.29) is 31.4 Å². The summed E-state index contributed by atoms with van der Waals surface area (Å²) in [5.41, 5.74) is 8.19. The third-order valence-corrected chi connectivity index (χ3v) is 11.7. The number of H-pyrrole nitrogens is 1. The molecule has 0 bridgehead atoms. The van der Waals surface area contributed by atoms with Crippen LogP contribution in [-0.4, -0.2) is 147 Å². The van der Waals surface area contributed by atoms with Gasteiger partial charge >= 0.3 is 11.9 Å². The molecular formula is C52H60N10O14. The Bertz CT molecular complexity index is 2850. The number of aliphatic hydroxyl groups excluding tert-OH is 1. The van der Waals surface area contributed by atoms with Gasteiger partial charge in [-0.15, -0.1) is 0 Å². The zero-order valence-corrected chi connectivity index (χ0v) is 41.1. The first kappa shape index (κ1) is 57.7. The minimum Gasteiger partial charge on any atom is -0.508 e. The molecule has 0 saturated carbocycles. The number of benzene rings is 4. The van der Waals surface area contributed by atoms with Crippen LogP contribution in [0.1, 0.15) is 35.6 Å². The van der Waals surface area contributed by atoms with Crippen LogP contribution >= 0.6 is 0 Å². The van der Waals surface area contributed by atoms with E-state index in [4.69, 9.17) is 10.8 Å². The van der Waals surface area contributed by atoms with Gasteiger partial charge in [-0.3, -0.25) is 43.2 Å². The highest BCUT2D eigenvalue weighted by Gasteiger charge is 2.34. The average Bonchev–Trinajstić information content (AvgIpc) is 3.81. The van der Waals surface area contributed by atoms with Crippen molar-refractivity contribution in [3.05, 3.63) is 138 Å². The molecule has 7 atom stereocenters. The number of aliphatic carboxylic acids is 2. The number of carbonyl (C=O) groups is 10. The van der Waals surface area contributed by atoms with Crippen LogP contribution in [0.15, 0.2) is 115 Å². The molecule has 0 unspecified atom stereocenters. The number of hydrogen-bond donors (Lipinski definition) is 14. The zero-order chi connectivity index (χ0) is 55.3. The molecule has 76 heavy (non-hydrogen) atoms. The summed E-state index contributed by atoms with van der Waals surface area (Å²) in [6.45, 7) is -0.658. The van der Waals surface area contributed by atoms with E-state index >= 15 is 0 Å². The lowest BCUT2D eigenvalue weighted by Gasteiger charge is -2.27. The summed E-state index contributed by atoms with van der Waals surface area (Å²) >= 11 is 0. The molecule has 0 aliphatic heterocycles. The smallest absolute Gasteiger partial charge is 0.326 e. The first-order valence-electron chi connectivity index (χ1n) is 23.9. The van der Waals surface area contributed by atoms with Gasteiger partial charge in [0.2, 0.25) is 47.3 Å². The molecule has 0 aliphatic rings. The van der Waals surface area contributed by atoms with Gasteiger partial charge < -0.3 is 73.7 Å². The molecule has 4 aromatic carbocycles. The molecule has 24 nitrogen and oxygen atoms in total. The van der Waals surface area contributed by atoms with Crippen LogP contribution in [0.2, 0.25) is 0 Å². The summed E-state index contributed by atoms with van der Waals surface area (Å²) in [5, 5.41) is 58.7. The van der Waals surface area contributed by atoms with Crippen LogP contribution in [-0.2, 0) is 73.6 Å². The molecule has 1 aromatic heterocycles. The number of phenols is 1. The largest absolute Gasteiger partial charge is 0.508 e. The minimum absolute atomic E-state index is 0.0449. The van der Waals surface area contributed by atoms with Crippen LogP contribution in [0.3, 0.4) is 0 Å². The Morgan fingerprint density at radius 3 is 1.57 bits per heavy atom. The number of aromatic hydroxyl groups is 1. The molecule has 5 aromatic rings. The lowest BCUT2D eigenvalue weighted by atomic mass is 10.0. The SMILES string of the molecule is C[C@H](NC(=O)[C@H](Cc1ccccc1)NC(=O)[C@H](Cc1c[nH]c2ccccc12)NC(=O)[C@H](CC(=O)O)NC(=O)[C@H](Cc1ccccc1)NC(=O)CNC(=O)CNC(=O)[C@@H](N)CO)C(=O)N[C@@H](Cc1ccc(O)cc1)C(=O)O. The number of rotatable bonds is 28. The number of aliphatic hydroxyl groups is 1. The van der Waals surface area contributed by atoms with Crippen LogP contribution in [0, 0.1) is 0 Å². The van der Waals surface area contributed by atoms with E-state index in [1.807, 2.05) is 0 Å². The topological polar surface area (TPSA) is 390 Å². The number of phenolic OH excluding ortho intramolecular Hbond substituents is 1. The number of nitrogens with one attached hydrogen (secondary N) is 9. The monoisotopic (exact) mass is 1050 g/mol. The Hall–Kier alpha value is -9.16. The average molecular weight is 1050 g/mol. The highest BCUT2D eigenvalue weighted by atomic mass is 16.4. The third kappa shape index (κ3) is 18.1. The highest BCUT2D eigenvalue weighted by molar-refractivity contribution is 5.99. The fourth-order valence-corrected chi connectivity index (χ4v) is 7.66. The van der Waals surface area contributed by atoms with Gasteiger partial charge in [0.05, 0.1) is 26.1 Å². The summed E-state index contributed by atoms with van der Waals surface area (Å²) in [6.07, 6.45) is -0.151. The van der Waals surface area contributed by atoms with Crippen molar-refractivity contribution in [1.29, 1.82) is 0 Å². The van der Waals surface area contributed by atoms with E-state index in [1.165, 1.54) is 31.2 Å². The fraction of sp³-hybridized carbons (Fsp3) is 0.308. The van der Waals surface area contributed by atoms with E-state index in [9.17, 15) is 63.3 Å². The van der Waals surface area contributed by atoms with Crippen molar-refractivity contribution in [2.75, 3.05) is 19.7 Å². The van der Waals surface area contributed by atoms with E-state index in [2.05, 4.69) is 47.5 Å². The number of hydrogen-bond acceptors (Lipinski definition) is 13. The van der Waals surface area contributed by atoms with Crippen molar-refractivity contribution < 1.29 is 68.4 Å². The van der Waals surface area contributed by atoms with Crippen molar-refractivity contribution >= 4 is 70.1 Å². The predicted molar refractivity (Wildman–Crippen MR) is 272 cm³/mol. The van der Waals surface area contributed by atoms with Gasteiger partial charge in [-0.1, -0.05) is 91.0 Å². The van der Waals surface area contributed by atoms with E-state index < -0.39 is 128 Å². The Morgan fingerprint density at radius 1 is 0.513 bits per heavy atom. The Labute approximate surface area is 435 Å². The first-order valence-corrected chi connectivity index (χ1v) is 23.9. The van der Waals surface area contributed by atoms with Crippen molar-refractivity contribution in [1.82, 2.24) is 47.5 Å². The Kier molecular flexibility index (Phi) is 21.5. The van der Waals surface area contributed by atoms with Gasteiger partial charge in [0, 0.05) is 42.8 Å². The minimum atomic E-state index is -1.88. The second kappa shape index (κ2) is 28.3. The second-order valence-electron chi connectivity index (χ2n) is 17.6. The molecule has 0 saturated heterocycles. The van der Waals surface area contributed by atoms with Gasteiger partial charge in [-0.25, -0.2) is 4.79 Å². The predicted octanol–water partition coefficient (Wildman–Crippen LogP) is -1.82. The number of carbonyl (C=O) groups excluding carboxylic acids is 8. The molecule has 0 aliphatic carbocycles. The molecule has 8 amide bonds. The standard InChI is InChI=1S/C52H60N10O14/c1-29(46(69)62-42(52(75)76)22-32-16-18-34(64)19-17-32)57-48(71)39(21-31-12-6-3-7-13-31)59-50(73)40(23-33-25-54-37-15-9-8-14-35(33)37)60-51(74)41(24-45(67)68)61-49(72)38(20-30-10-4-2-5-11-30)58-44(66)27-55-43(65)26-56-47(70)36(53)28-63/h2-19,25,29,36,38-42,54,63-64H,20-24,26-28,53H2,1H3,(H,55,65)(H,56,70)(H,57,71)(H,58,66)(H,59,73)(H,60,74)(H,61,72)(H,62,69)(H,67,68)(H,75,76)/t29-,36-,38-,39-,40-,41-,42-/m0/s1. The van der Waals surface area contributed by atoms with E-state index in [0.29, 0.717) is 33.2 Å². The van der Waals surface area contributed by atoms with Gasteiger partial charge in [0.15, 0.2) is 0 Å². The lowest BCUT2D eigenvalue weighted by Crippen LogP contribution is -2.60. The number of para-hydroxylation sites is 1. The number of amides is 8. The molecule has 15 N–H and O–H groups in total. The van der Waals surface area contributed by atoms with E-state index in [1.54, 1.807) is 91.1 Å². The van der Waals surface area contributed by atoms with Crippen molar-refractivity contribution in [3.63, 3.8) is 0 Å². The quantitative estimate of drug-likeness (QED) is 0.0262. The second-order valence-corrected chi connectivity index (χ2v) is 17.6. The van der Waals surface area contributed by atoms with Gasteiger partial charge in [0.25, 0.3) is 0 Å². The summed E-state index contributed by atoms with van der Waals surface area (Å²) in [5.74, 6) is -10.4. The van der Waals surface area contributed by atoms with E-state index in [0.717, 1.165) is 0 Å². The summed E-state index contributed by atoms with van der Waals surface area (Å²) < 4.78 is 0. The molecular weight excluding hydrogens is 989 g/mol. The summed E-state index contributed by atoms with van der Waals surface area (Å²) in [7, 11) is 0. The van der Waals surface area contributed by atoms with Crippen molar-refractivity contribution in [2.24, 2.45) is 5.73 Å². The number of aromatic nitrogens is 1. The van der Waals surface area contributed by atoms with Crippen molar-refractivity contribution in [3.8, 4) is 5.75 Å². The number of fused-ring (bicyclic) bond motifs is 1. The van der Waals surface area contributed by atoms with Gasteiger partial charge in [-0.05, 0) is 47.4 Å². The molecule has 24 heteroatoms. The Balaban J connectivity index is 1.37. The highest BCUT2D eigenvalue weighted by Crippen LogP contribution is 2.20. The van der Waals surface area contributed by atoms with Crippen LogP contribution < -0.4 is 48.3 Å². The maximum Gasteiger partial charge on any atom is 0.326 e. The van der Waals surface area contributed by atoms with Crippen LogP contribution in [0.25, 0.3) is 10.9 Å². The maximum atomic E-state index is 14.6.